The molecule has 3 aromatic carbocycles. The van der Waals surface area contributed by atoms with Crippen LogP contribution < -0.4 is 18.9 Å². The first-order chi connectivity index (χ1) is 17.5. The highest BCUT2D eigenvalue weighted by molar-refractivity contribution is 6.18. The highest BCUT2D eigenvalue weighted by Crippen LogP contribution is 2.54. The third-order valence-electron chi connectivity index (χ3n) is 5.31. The molecule has 1 aliphatic heterocycles. The number of fused-ring (bicyclic) bond motifs is 2. The number of carbonyl (C=O) groups excluding carboxylic acids is 5. The Hall–Kier alpha value is -4.93. The number of ether oxygens (including phenoxy) is 6. The number of rotatable bonds is 5. The van der Waals surface area contributed by atoms with Crippen LogP contribution in [0.3, 0.4) is 0 Å². The molecule has 0 N–H and O–H groups in total. The number of benzene rings is 3. The number of hydrogen-bond donors (Lipinski definition) is 0. The van der Waals surface area contributed by atoms with Crippen molar-refractivity contribution in [2.75, 3.05) is 14.2 Å². The molecule has 4 rings (SSSR count). The number of esters is 5. The smallest absolute Gasteiger partial charge is 0.339 e. The van der Waals surface area contributed by atoms with Crippen molar-refractivity contribution in [1.29, 1.82) is 0 Å². The van der Waals surface area contributed by atoms with Crippen LogP contribution in [-0.2, 0) is 23.9 Å². The first-order valence-corrected chi connectivity index (χ1v) is 10.8. The van der Waals surface area contributed by atoms with Gasteiger partial charge in [0.1, 0.15) is 5.75 Å². The summed E-state index contributed by atoms with van der Waals surface area (Å²) in [6.07, 6.45) is 0. The fraction of sp³-hybridized carbons (Fsp3) is 0.192. The van der Waals surface area contributed by atoms with Gasteiger partial charge in [0.2, 0.25) is 0 Å². The molecule has 0 amide bonds. The van der Waals surface area contributed by atoms with Gasteiger partial charge in [-0.05, 0) is 23.6 Å². The van der Waals surface area contributed by atoms with E-state index in [2.05, 4.69) is 0 Å². The minimum Gasteiger partial charge on any atom is -0.465 e. The van der Waals surface area contributed by atoms with Crippen LogP contribution in [0.5, 0.6) is 28.7 Å². The molecule has 0 aromatic heterocycles. The van der Waals surface area contributed by atoms with Crippen LogP contribution in [0, 0.1) is 0 Å². The fourth-order valence-electron chi connectivity index (χ4n) is 4.04. The third kappa shape index (κ3) is 4.54. The maximum absolute atomic E-state index is 13.1. The molecule has 1 heterocycles. The molecule has 0 radical (unpaired) electrons. The molecular weight excluding hydrogens is 488 g/mol. The van der Waals surface area contributed by atoms with E-state index in [0.717, 1.165) is 28.1 Å². The van der Waals surface area contributed by atoms with Crippen LogP contribution in [0.15, 0.2) is 30.3 Å². The van der Waals surface area contributed by atoms with E-state index in [1.807, 2.05) is 0 Å². The fourth-order valence-corrected chi connectivity index (χ4v) is 4.04. The minimum absolute atomic E-state index is 0.0339. The molecule has 0 fully saturated rings. The molecule has 11 heteroatoms. The monoisotopic (exact) mass is 508 g/mol. The molecule has 3 aromatic rings. The standard InChI is InChI=1S/C26H20O11/c1-11(27)34-17-7-6-14-8-16(25(30)32-4)23(26(31)33-5)22-15-9-19(35-12(2)28)20(36-13(3)29)10-18(15)37-24(17)21(14)22/h6-10H,1-5H3. The zero-order chi connectivity index (χ0) is 27.0. The Morgan fingerprint density at radius 1 is 0.703 bits per heavy atom. The largest absolute Gasteiger partial charge is 0.465 e. The van der Waals surface area contributed by atoms with Crippen molar-refractivity contribution in [3.05, 3.63) is 41.5 Å². The summed E-state index contributed by atoms with van der Waals surface area (Å²) in [5.74, 6) is -3.85. The molecule has 0 aliphatic carbocycles. The Bertz CT molecular complexity index is 1520. The zero-order valence-electron chi connectivity index (χ0n) is 20.4. The van der Waals surface area contributed by atoms with Crippen molar-refractivity contribution in [2.45, 2.75) is 20.8 Å². The molecule has 0 bridgehead atoms. The maximum Gasteiger partial charge on any atom is 0.339 e. The van der Waals surface area contributed by atoms with Crippen LogP contribution in [0.2, 0.25) is 0 Å². The van der Waals surface area contributed by atoms with E-state index in [9.17, 15) is 24.0 Å². The van der Waals surface area contributed by atoms with Gasteiger partial charge in [-0.15, -0.1) is 0 Å². The van der Waals surface area contributed by atoms with Gasteiger partial charge in [0.05, 0.1) is 25.3 Å². The molecule has 37 heavy (non-hydrogen) atoms. The summed E-state index contributed by atoms with van der Waals surface area (Å²) in [6, 6.07) is 7.07. The lowest BCUT2D eigenvalue weighted by molar-refractivity contribution is -0.134. The SMILES string of the molecule is COC(=O)c1cc2ccc(OC(C)=O)c3c2c(c1C(=O)OC)-c1cc(OC(C)=O)c(OC(C)=O)cc1O3. The summed E-state index contributed by atoms with van der Waals surface area (Å²) in [4.78, 5) is 61.0. The maximum atomic E-state index is 13.1. The van der Waals surface area contributed by atoms with E-state index in [-0.39, 0.29) is 51.0 Å². The molecule has 0 spiro atoms. The van der Waals surface area contributed by atoms with Gasteiger partial charge in [0.25, 0.3) is 0 Å². The molecule has 0 atom stereocenters. The van der Waals surface area contributed by atoms with E-state index in [1.54, 1.807) is 6.07 Å². The highest BCUT2D eigenvalue weighted by Gasteiger charge is 2.34. The van der Waals surface area contributed by atoms with Crippen molar-refractivity contribution >= 4 is 40.6 Å². The van der Waals surface area contributed by atoms with E-state index in [0.29, 0.717) is 10.8 Å². The van der Waals surface area contributed by atoms with Crippen LogP contribution in [-0.4, -0.2) is 44.1 Å². The highest BCUT2D eigenvalue weighted by atomic mass is 16.6. The summed E-state index contributed by atoms with van der Waals surface area (Å²) >= 11 is 0. The number of carbonyl (C=O) groups is 5. The van der Waals surface area contributed by atoms with E-state index < -0.39 is 29.8 Å². The Kier molecular flexibility index (Phi) is 6.54. The summed E-state index contributed by atoms with van der Waals surface area (Å²) in [5.41, 5.74) is 0.101. The van der Waals surface area contributed by atoms with E-state index in [4.69, 9.17) is 28.4 Å². The van der Waals surface area contributed by atoms with Crippen LogP contribution in [0.1, 0.15) is 41.5 Å². The Labute approximate surface area is 209 Å². The van der Waals surface area contributed by atoms with Gasteiger partial charge in [0, 0.05) is 43.4 Å². The predicted molar refractivity (Wildman–Crippen MR) is 126 cm³/mol. The molecule has 0 saturated carbocycles. The van der Waals surface area contributed by atoms with Crippen LogP contribution in [0.25, 0.3) is 21.9 Å². The lowest BCUT2D eigenvalue weighted by Gasteiger charge is -2.26. The van der Waals surface area contributed by atoms with Gasteiger partial charge in [-0.25, -0.2) is 9.59 Å². The van der Waals surface area contributed by atoms with Crippen molar-refractivity contribution in [3.63, 3.8) is 0 Å². The Morgan fingerprint density at radius 2 is 1.27 bits per heavy atom. The van der Waals surface area contributed by atoms with E-state index >= 15 is 0 Å². The summed E-state index contributed by atoms with van der Waals surface area (Å²) in [7, 11) is 2.31. The summed E-state index contributed by atoms with van der Waals surface area (Å²) < 4.78 is 31.7. The topological polar surface area (TPSA) is 141 Å². The van der Waals surface area contributed by atoms with Gasteiger partial charge in [-0.2, -0.15) is 0 Å². The molecule has 190 valence electrons. The van der Waals surface area contributed by atoms with Crippen molar-refractivity contribution in [3.8, 4) is 39.9 Å². The second kappa shape index (κ2) is 9.61. The van der Waals surface area contributed by atoms with E-state index in [1.165, 1.54) is 31.2 Å². The van der Waals surface area contributed by atoms with Gasteiger partial charge in [-0.1, -0.05) is 6.07 Å². The first kappa shape index (κ1) is 25.2. The Balaban J connectivity index is 2.19. The van der Waals surface area contributed by atoms with Crippen molar-refractivity contribution in [2.24, 2.45) is 0 Å². The zero-order valence-corrected chi connectivity index (χ0v) is 20.4. The van der Waals surface area contributed by atoms with Gasteiger partial charge >= 0.3 is 29.8 Å². The minimum atomic E-state index is -0.868. The molecule has 0 unspecified atom stereocenters. The molecule has 1 aliphatic rings. The predicted octanol–water partition coefficient (Wildman–Crippen LogP) is 3.96. The average Bonchev–Trinajstić information content (AvgIpc) is 2.83. The van der Waals surface area contributed by atoms with Crippen LogP contribution in [0.4, 0.5) is 0 Å². The number of methoxy groups -OCH3 is 2. The Morgan fingerprint density at radius 3 is 1.84 bits per heavy atom. The van der Waals surface area contributed by atoms with Gasteiger partial charge in [-0.3, -0.25) is 14.4 Å². The molecular formula is C26H20O11. The van der Waals surface area contributed by atoms with Gasteiger partial charge < -0.3 is 28.4 Å². The third-order valence-corrected chi connectivity index (χ3v) is 5.31. The number of hydrogen-bond acceptors (Lipinski definition) is 11. The first-order valence-electron chi connectivity index (χ1n) is 10.8. The lowest BCUT2D eigenvalue weighted by atomic mass is 9.87. The second-order valence-corrected chi connectivity index (χ2v) is 7.83. The van der Waals surface area contributed by atoms with Crippen molar-refractivity contribution in [1.82, 2.24) is 0 Å². The normalized spacial score (nSPS) is 11.1. The van der Waals surface area contributed by atoms with Crippen molar-refractivity contribution < 1.29 is 52.4 Å². The quantitative estimate of drug-likeness (QED) is 0.286. The second-order valence-electron chi connectivity index (χ2n) is 7.83. The summed E-state index contributed by atoms with van der Waals surface area (Å²) in [6.45, 7) is 3.52. The average molecular weight is 508 g/mol. The van der Waals surface area contributed by atoms with Gasteiger partial charge in [0.15, 0.2) is 23.0 Å². The molecule has 0 saturated heterocycles. The summed E-state index contributed by atoms with van der Waals surface area (Å²) in [5, 5.41) is 0.756. The lowest BCUT2D eigenvalue weighted by Crippen LogP contribution is -2.16. The molecule has 11 nitrogen and oxygen atoms in total. The van der Waals surface area contributed by atoms with Crippen LogP contribution >= 0.6 is 0 Å².